The van der Waals surface area contributed by atoms with E-state index in [9.17, 15) is 9.59 Å². The number of carbonyl (C=O) groups excluding carboxylic acids is 2. The van der Waals surface area contributed by atoms with Crippen LogP contribution in [-0.4, -0.2) is 48.1 Å². The van der Waals surface area contributed by atoms with Gasteiger partial charge in [0.2, 0.25) is 11.8 Å². The Kier molecular flexibility index (Phi) is 3.61. The Morgan fingerprint density at radius 1 is 1.44 bits per heavy atom. The summed E-state index contributed by atoms with van der Waals surface area (Å²) in [6, 6.07) is -0.477. The van der Waals surface area contributed by atoms with Crippen molar-refractivity contribution in [1.29, 1.82) is 0 Å². The summed E-state index contributed by atoms with van der Waals surface area (Å²) < 4.78 is 5.11. The molecule has 0 aromatic rings. The predicted octanol–water partition coefficient (Wildman–Crippen LogP) is 0.681. The number of ether oxygens (including phenoxy) is 1. The van der Waals surface area contributed by atoms with Crippen molar-refractivity contribution < 1.29 is 14.3 Å². The van der Waals surface area contributed by atoms with Gasteiger partial charge in [-0.2, -0.15) is 0 Å². The first-order chi connectivity index (χ1) is 8.52. The Bertz CT molecular complexity index is 350. The van der Waals surface area contributed by atoms with Crippen molar-refractivity contribution in [2.24, 2.45) is 0 Å². The standard InChI is InChI=1S/C13H22N2O3/c1-9(8-18-3)15-10(2)11(16)14-13(12(15)17)6-4-5-7-13/h9-10H,4-8H2,1-3H3,(H,14,16). The van der Waals surface area contributed by atoms with Gasteiger partial charge in [0.05, 0.1) is 12.6 Å². The zero-order valence-corrected chi connectivity index (χ0v) is 11.4. The molecule has 2 atom stereocenters. The van der Waals surface area contributed by atoms with Gasteiger partial charge in [-0.15, -0.1) is 0 Å². The van der Waals surface area contributed by atoms with E-state index in [0.717, 1.165) is 25.7 Å². The number of rotatable bonds is 3. The second-order valence-electron chi connectivity index (χ2n) is 5.47. The first-order valence-electron chi connectivity index (χ1n) is 6.65. The van der Waals surface area contributed by atoms with Crippen molar-refractivity contribution >= 4 is 11.8 Å². The Balaban J connectivity index is 2.25. The van der Waals surface area contributed by atoms with Crippen molar-refractivity contribution in [1.82, 2.24) is 10.2 Å². The summed E-state index contributed by atoms with van der Waals surface area (Å²) in [7, 11) is 1.61. The second-order valence-corrected chi connectivity index (χ2v) is 5.47. The van der Waals surface area contributed by atoms with Gasteiger partial charge in [0.1, 0.15) is 11.6 Å². The van der Waals surface area contributed by atoms with Crippen molar-refractivity contribution in [3.63, 3.8) is 0 Å². The van der Waals surface area contributed by atoms with Crippen molar-refractivity contribution in [3.05, 3.63) is 0 Å². The summed E-state index contributed by atoms with van der Waals surface area (Å²) in [5, 5.41) is 2.95. The van der Waals surface area contributed by atoms with Crippen molar-refractivity contribution in [3.8, 4) is 0 Å². The smallest absolute Gasteiger partial charge is 0.249 e. The highest BCUT2D eigenvalue weighted by atomic mass is 16.5. The van der Waals surface area contributed by atoms with Gasteiger partial charge < -0.3 is 15.0 Å². The minimum Gasteiger partial charge on any atom is -0.383 e. The van der Waals surface area contributed by atoms with Crippen LogP contribution in [0.1, 0.15) is 39.5 Å². The van der Waals surface area contributed by atoms with Crippen LogP contribution < -0.4 is 5.32 Å². The maximum atomic E-state index is 12.7. The highest BCUT2D eigenvalue weighted by Gasteiger charge is 2.51. The number of amides is 2. The van der Waals surface area contributed by atoms with Gasteiger partial charge in [0.15, 0.2) is 0 Å². The maximum Gasteiger partial charge on any atom is 0.249 e. The number of hydrogen-bond acceptors (Lipinski definition) is 3. The Labute approximate surface area is 108 Å². The molecule has 2 rings (SSSR count). The van der Waals surface area contributed by atoms with Gasteiger partial charge in [-0.1, -0.05) is 12.8 Å². The molecular formula is C13H22N2O3. The van der Waals surface area contributed by atoms with Crippen molar-refractivity contribution in [2.45, 2.75) is 57.2 Å². The summed E-state index contributed by atoms with van der Waals surface area (Å²) in [5.74, 6) is 0.0242. The fourth-order valence-electron chi connectivity index (χ4n) is 3.16. The molecule has 0 aromatic heterocycles. The zero-order chi connectivity index (χ0) is 13.3. The summed E-state index contributed by atoms with van der Waals surface area (Å²) in [6.07, 6.45) is 3.54. The molecule has 102 valence electrons. The largest absolute Gasteiger partial charge is 0.383 e. The minimum atomic E-state index is -0.633. The quantitative estimate of drug-likeness (QED) is 0.806. The van der Waals surface area contributed by atoms with Gasteiger partial charge >= 0.3 is 0 Å². The topological polar surface area (TPSA) is 58.6 Å². The number of nitrogens with one attached hydrogen (secondary N) is 1. The highest BCUT2D eigenvalue weighted by molar-refractivity contribution is 6.00. The normalized spacial score (nSPS) is 28.6. The minimum absolute atomic E-state index is 0.0422. The van der Waals surface area contributed by atoms with E-state index in [-0.39, 0.29) is 17.9 Å². The highest BCUT2D eigenvalue weighted by Crippen LogP contribution is 2.35. The number of nitrogens with zero attached hydrogens (tertiary/aromatic N) is 1. The van der Waals surface area contributed by atoms with E-state index < -0.39 is 11.6 Å². The lowest BCUT2D eigenvalue weighted by molar-refractivity contribution is -0.157. The molecule has 1 aliphatic heterocycles. The Morgan fingerprint density at radius 3 is 2.61 bits per heavy atom. The first kappa shape index (κ1) is 13.3. The van der Waals surface area contributed by atoms with Gasteiger partial charge in [-0.25, -0.2) is 0 Å². The third-order valence-corrected chi connectivity index (χ3v) is 4.14. The lowest BCUT2D eigenvalue weighted by Gasteiger charge is -2.45. The van der Waals surface area contributed by atoms with Crippen LogP contribution in [0.3, 0.4) is 0 Å². The average molecular weight is 254 g/mol. The average Bonchev–Trinajstić information content (AvgIpc) is 2.77. The van der Waals surface area contributed by atoms with Crippen LogP contribution in [0.2, 0.25) is 0 Å². The van der Waals surface area contributed by atoms with E-state index in [1.807, 2.05) is 6.92 Å². The van der Waals surface area contributed by atoms with E-state index in [0.29, 0.717) is 6.61 Å². The van der Waals surface area contributed by atoms with E-state index in [2.05, 4.69) is 5.32 Å². The molecule has 1 N–H and O–H groups in total. The van der Waals surface area contributed by atoms with Crippen LogP contribution in [0.15, 0.2) is 0 Å². The number of hydrogen-bond donors (Lipinski definition) is 1. The number of methoxy groups -OCH3 is 1. The number of carbonyl (C=O) groups is 2. The molecule has 2 amide bonds. The molecule has 0 bridgehead atoms. The molecule has 1 saturated heterocycles. The van der Waals surface area contributed by atoms with Gasteiger partial charge in [0, 0.05) is 7.11 Å². The fourth-order valence-corrected chi connectivity index (χ4v) is 3.16. The molecule has 5 heteroatoms. The van der Waals surface area contributed by atoms with Crippen LogP contribution in [0.5, 0.6) is 0 Å². The fraction of sp³-hybridized carbons (Fsp3) is 0.846. The lowest BCUT2D eigenvalue weighted by Crippen LogP contribution is -2.70. The van der Waals surface area contributed by atoms with Crippen LogP contribution in [-0.2, 0) is 14.3 Å². The molecule has 2 aliphatic rings. The maximum absolute atomic E-state index is 12.7. The third kappa shape index (κ3) is 2.00. The monoisotopic (exact) mass is 254 g/mol. The summed E-state index contributed by atoms with van der Waals surface area (Å²) in [6.45, 7) is 4.17. The molecule has 2 unspecified atom stereocenters. The van der Waals surface area contributed by atoms with E-state index in [4.69, 9.17) is 4.74 Å². The molecule has 1 saturated carbocycles. The molecule has 1 aliphatic carbocycles. The molecule has 18 heavy (non-hydrogen) atoms. The van der Waals surface area contributed by atoms with Gasteiger partial charge in [-0.05, 0) is 26.7 Å². The summed E-state index contributed by atoms with van der Waals surface area (Å²) in [5.41, 5.74) is -0.633. The zero-order valence-electron chi connectivity index (χ0n) is 11.4. The predicted molar refractivity (Wildman–Crippen MR) is 67.0 cm³/mol. The van der Waals surface area contributed by atoms with Crippen LogP contribution in [0, 0.1) is 0 Å². The van der Waals surface area contributed by atoms with Crippen LogP contribution in [0.25, 0.3) is 0 Å². The van der Waals surface area contributed by atoms with Crippen molar-refractivity contribution in [2.75, 3.05) is 13.7 Å². The van der Waals surface area contributed by atoms with E-state index in [1.54, 1.807) is 18.9 Å². The second kappa shape index (κ2) is 4.88. The van der Waals surface area contributed by atoms with Gasteiger partial charge in [0.25, 0.3) is 0 Å². The van der Waals surface area contributed by atoms with Crippen LogP contribution in [0.4, 0.5) is 0 Å². The summed E-state index contributed by atoms with van der Waals surface area (Å²) in [4.78, 5) is 26.5. The molecule has 0 radical (unpaired) electrons. The van der Waals surface area contributed by atoms with E-state index in [1.165, 1.54) is 0 Å². The Morgan fingerprint density at radius 2 is 2.06 bits per heavy atom. The molecular weight excluding hydrogens is 232 g/mol. The van der Waals surface area contributed by atoms with E-state index >= 15 is 0 Å². The SMILES string of the molecule is COCC(C)N1C(=O)C2(CCCC2)NC(=O)C1C. The summed E-state index contributed by atoms with van der Waals surface area (Å²) >= 11 is 0. The Hall–Kier alpha value is -1.10. The molecule has 1 heterocycles. The van der Waals surface area contributed by atoms with Gasteiger partial charge in [-0.3, -0.25) is 9.59 Å². The lowest BCUT2D eigenvalue weighted by atomic mass is 9.90. The molecule has 0 aromatic carbocycles. The molecule has 2 fully saturated rings. The first-order valence-corrected chi connectivity index (χ1v) is 6.65. The molecule has 1 spiro atoms. The third-order valence-electron chi connectivity index (χ3n) is 4.14. The van der Waals surface area contributed by atoms with Crippen LogP contribution >= 0.6 is 0 Å². The number of piperazine rings is 1. The molecule has 5 nitrogen and oxygen atoms in total.